The van der Waals surface area contributed by atoms with Crippen molar-refractivity contribution in [3.05, 3.63) is 65.2 Å². The lowest BCUT2D eigenvalue weighted by Crippen LogP contribution is -2.44. The Balaban J connectivity index is 1.62. The molecule has 2 amide bonds. The minimum absolute atomic E-state index is 0.135. The number of carboxylic acids is 1. The van der Waals surface area contributed by atoms with E-state index in [-0.39, 0.29) is 23.2 Å². The van der Waals surface area contributed by atoms with Gasteiger partial charge < -0.3 is 20.5 Å². The molecule has 3 N–H and O–H groups in total. The Hall–Kier alpha value is -3.02. The normalized spacial score (nSPS) is 17.5. The number of amides is 2. The molecule has 0 aromatic heterocycles. The van der Waals surface area contributed by atoms with Crippen molar-refractivity contribution in [3.63, 3.8) is 0 Å². The molecular formula is C20H22N2O4. The summed E-state index contributed by atoms with van der Waals surface area (Å²) in [6.07, 6.45) is 0.671. The second-order valence-corrected chi connectivity index (χ2v) is 6.99. The van der Waals surface area contributed by atoms with Gasteiger partial charge in [-0.05, 0) is 37.6 Å². The summed E-state index contributed by atoms with van der Waals surface area (Å²) in [6, 6.07) is 13.7. The number of urea groups is 1. The molecule has 0 aliphatic carbocycles. The molecule has 2 aromatic rings. The minimum Gasteiger partial charge on any atom is -0.487 e. The lowest BCUT2D eigenvalue weighted by atomic mass is 9.90. The van der Waals surface area contributed by atoms with Gasteiger partial charge in [-0.3, -0.25) is 0 Å². The fourth-order valence-corrected chi connectivity index (χ4v) is 3.09. The Morgan fingerprint density at radius 3 is 2.54 bits per heavy atom. The first kappa shape index (κ1) is 17.8. The van der Waals surface area contributed by atoms with Crippen LogP contribution in [0.15, 0.2) is 48.5 Å². The maximum atomic E-state index is 12.3. The van der Waals surface area contributed by atoms with Crippen LogP contribution in [0, 0.1) is 0 Å². The van der Waals surface area contributed by atoms with Crippen molar-refractivity contribution in [2.45, 2.75) is 38.5 Å². The molecule has 0 spiro atoms. The number of carboxylic acid groups (broad SMARTS) is 1. The SMILES string of the molecule is CC1(C)CC(NC(=O)NCc2ccc(C(=O)O)cc2)c2ccccc2O1. The van der Waals surface area contributed by atoms with Gasteiger partial charge in [-0.25, -0.2) is 9.59 Å². The number of para-hydroxylation sites is 1. The Labute approximate surface area is 152 Å². The van der Waals surface area contributed by atoms with Crippen LogP contribution < -0.4 is 15.4 Å². The molecule has 0 saturated heterocycles. The van der Waals surface area contributed by atoms with Gasteiger partial charge in [0.2, 0.25) is 0 Å². The third-order valence-electron chi connectivity index (χ3n) is 4.34. The smallest absolute Gasteiger partial charge is 0.335 e. The van der Waals surface area contributed by atoms with E-state index < -0.39 is 5.97 Å². The Kier molecular flexibility index (Phi) is 4.84. The molecular weight excluding hydrogens is 332 g/mol. The maximum absolute atomic E-state index is 12.3. The predicted octanol–water partition coefficient (Wildman–Crippen LogP) is 3.49. The van der Waals surface area contributed by atoms with E-state index in [9.17, 15) is 9.59 Å². The number of fused-ring (bicyclic) bond motifs is 1. The number of hydrogen-bond acceptors (Lipinski definition) is 3. The summed E-state index contributed by atoms with van der Waals surface area (Å²) >= 11 is 0. The van der Waals surface area contributed by atoms with Crippen molar-refractivity contribution < 1.29 is 19.4 Å². The number of carbonyl (C=O) groups excluding carboxylic acids is 1. The van der Waals surface area contributed by atoms with Gasteiger partial charge in [0.1, 0.15) is 11.4 Å². The van der Waals surface area contributed by atoms with Crippen molar-refractivity contribution in [1.29, 1.82) is 0 Å². The third-order valence-corrected chi connectivity index (χ3v) is 4.34. The summed E-state index contributed by atoms with van der Waals surface area (Å²) < 4.78 is 5.97. The van der Waals surface area contributed by atoms with E-state index in [4.69, 9.17) is 9.84 Å². The number of benzene rings is 2. The van der Waals surface area contributed by atoms with E-state index in [1.165, 1.54) is 12.1 Å². The number of hydrogen-bond donors (Lipinski definition) is 3. The molecule has 0 radical (unpaired) electrons. The van der Waals surface area contributed by atoms with Gasteiger partial charge >= 0.3 is 12.0 Å². The molecule has 0 fully saturated rings. The third kappa shape index (κ3) is 4.14. The van der Waals surface area contributed by atoms with Crippen molar-refractivity contribution in [3.8, 4) is 5.75 Å². The molecule has 1 aliphatic heterocycles. The summed E-state index contributed by atoms with van der Waals surface area (Å²) in [5.41, 5.74) is 1.66. The molecule has 0 saturated carbocycles. The fraction of sp³-hybridized carbons (Fsp3) is 0.300. The van der Waals surface area contributed by atoms with Crippen LogP contribution in [0.5, 0.6) is 5.75 Å². The van der Waals surface area contributed by atoms with E-state index in [0.29, 0.717) is 13.0 Å². The van der Waals surface area contributed by atoms with Gasteiger partial charge in [-0.2, -0.15) is 0 Å². The summed E-state index contributed by atoms with van der Waals surface area (Å²) in [6.45, 7) is 4.32. The zero-order valence-corrected chi connectivity index (χ0v) is 14.8. The molecule has 6 heteroatoms. The van der Waals surface area contributed by atoms with Crippen LogP contribution in [-0.2, 0) is 6.54 Å². The van der Waals surface area contributed by atoms with E-state index in [1.807, 2.05) is 38.1 Å². The van der Waals surface area contributed by atoms with Crippen LogP contribution in [0.2, 0.25) is 0 Å². The lowest BCUT2D eigenvalue weighted by Gasteiger charge is -2.37. The van der Waals surface area contributed by atoms with Gasteiger partial charge in [0.15, 0.2) is 0 Å². The first-order valence-electron chi connectivity index (χ1n) is 8.49. The predicted molar refractivity (Wildman–Crippen MR) is 97.3 cm³/mol. The second-order valence-electron chi connectivity index (χ2n) is 6.99. The van der Waals surface area contributed by atoms with Gasteiger partial charge in [-0.15, -0.1) is 0 Å². The van der Waals surface area contributed by atoms with Gasteiger partial charge in [0.05, 0.1) is 11.6 Å². The molecule has 2 aromatic carbocycles. The van der Waals surface area contributed by atoms with Gasteiger partial charge in [0, 0.05) is 18.5 Å². The van der Waals surface area contributed by atoms with E-state index in [1.54, 1.807) is 12.1 Å². The second kappa shape index (κ2) is 7.07. The number of aromatic carboxylic acids is 1. The molecule has 1 heterocycles. The van der Waals surface area contributed by atoms with Crippen LogP contribution in [0.25, 0.3) is 0 Å². The number of nitrogens with one attached hydrogen (secondary N) is 2. The van der Waals surface area contributed by atoms with E-state index in [0.717, 1.165) is 16.9 Å². The standard InChI is InChI=1S/C20H22N2O4/c1-20(2)11-16(15-5-3-4-6-17(15)26-20)22-19(25)21-12-13-7-9-14(10-8-13)18(23)24/h3-10,16H,11-12H2,1-2H3,(H,23,24)(H2,21,22,25). The van der Waals surface area contributed by atoms with Gasteiger partial charge in [0.25, 0.3) is 0 Å². The minimum atomic E-state index is -0.969. The number of carbonyl (C=O) groups is 2. The van der Waals surface area contributed by atoms with Crippen molar-refractivity contribution in [2.24, 2.45) is 0 Å². The molecule has 1 unspecified atom stereocenters. The molecule has 136 valence electrons. The van der Waals surface area contributed by atoms with Crippen molar-refractivity contribution in [2.75, 3.05) is 0 Å². The monoisotopic (exact) mass is 354 g/mol. The summed E-state index contributed by atoms with van der Waals surface area (Å²) in [5, 5.41) is 14.7. The van der Waals surface area contributed by atoms with Crippen LogP contribution in [-0.4, -0.2) is 22.7 Å². The maximum Gasteiger partial charge on any atom is 0.335 e. The summed E-state index contributed by atoms with van der Waals surface area (Å²) in [7, 11) is 0. The van der Waals surface area contributed by atoms with Crippen LogP contribution in [0.4, 0.5) is 4.79 Å². The summed E-state index contributed by atoms with van der Waals surface area (Å²) in [5.74, 6) is -0.179. The zero-order chi connectivity index (χ0) is 18.7. The fourth-order valence-electron chi connectivity index (χ4n) is 3.09. The van der Waals surface area contributed by atoms with E-state index in [2.05, 4.69) is 10.6 Å². The molecule has 0 bridgehead atoms. The molecule has 1 aliphatic rings. The Morgan fingerprint density at radius 2 is 1.85 bits per heavy atom. The van der Waals surface area contributed by atoms with Crippen molar-refractivity contribution in [1.82, 2.24) is 10.6 Å². The first-order valence-corrected chi connectivity index (χ1v) is 8.49. The highest BCUT2D eigenvalue weighted by molar-refractivity contribution is 5.87. The Bertz CT molecular complexity index is 815. The molecule has 1 atom stereocenters. The van der Waals surface area contributed by atoms with Crippen LogP contribution in [0.1, 0.15) is 47.8 Å². The van der Waals surface area contributed by atoms with E-state index >= 15 is 0 Å². The first-order chi connectivity index (χ1) is 12.3. The number of ether oxygens (including phenoxy) is 1. The lowest BCUT2D eigenvalue weighted by molar-refractivity contribution is 0.0675. The highest BCUT2D eigenvalue weighted by atomic mass is 16.5. The molecule has 26 heavy (non-hydrogen) atoms. The highest BCUT2D eigenvalue weighted by Crippen LogP contribution is 2.39. The average Bonchev–Trinajstić information content (AvgIpc) is 2.59. The quantitative estimate of drug-likeness (QED) is 0.784. The Morgan fingerprint density at radius 1 is 1.15 bits per heavy atom. The van der Waals surface area contributed by atoms with Crippen LogP contribution in [0.3, 0.4) is 0 Å². The largest absolute Gasteiger partial charge is 0.487 e. The van der Waals surface area contributed by atoms with Crippen molar-refractivity contribution >= 4 is 12.0 Å². The van der Waals surface area contributed by atoms with Crippen LogP contribution >= 0.6 is 0 Å². The average molecular weight is 354 g/mol. The molecule has 6 nitrogen and oxygen atoms in total. The molecule has 3 rings (SSSR count). The van der Waals surface area contributed by atoms with Gasteiger partial charge in [-0.1, -0.05) is 30.3 Å². The summed E-state index contributed by atoms with van der Waals surface area (Å²) in [4.78, 5) is 23.2. The number of rotatable bonds is 4. The highest BCUT2D eigenvalue weighted by Gasteiger charge is 2.34. The topological polar surface area (TPSA) is 87.7 Å². The zero-order valence-electron chi connectivity index (χ0n) is 14.8.